The standard InChI is InChI=1S/C21H20N6/c1-15-4-6-17(13-23-15)27-19-14-22-9-8-18(19)25-21(27)16-5-7-20(24-12-16)26-10-2-3-11-26/h4-9,12-14H,2-3,10-11H2,1H3. The van der Waals surface area contributed by atoms with Crippen molar-refractivity contribution in [3.8, 4) is 17.1 Å². The number of pyridine rings is 3. The Morgan fingerprint density at radius 1 is 0.889 bits per heavy atom. The average molecular weight is 356 g/mol. The highest BCUT2D eigenvalue weighted by molar-refractivity contribution is 5.82. The zero-order valence-electron chi connectivity index (χ0n) is 15.2. The maximum atomic E-state index is 4.85. The Labute approximate surface area is 157 Å². The lowest BCUT2D eigenvalue weighted by Gasteiger charge is -2.16. The minimum Gasteiger partial charge on any atom is -0.357 e. The molecule has 4 aromatic rings. The number of nitrogens with zero attached hydrogens (tertiary/aromatic N) is 6. The number of fused-ring (bicyclic) bond motifs is 1. The largest absolute Gasteiger partial charge is 0.357 e. The Hall–Kier alpha value is -3.28. The molecule has 6 nitrogen and oxygen atoms in total. The maximum absolute atomic E-state index is 4.85. The van der Waals surface area contributed by atoms with Gasteiger partial charge in [-0.2, -0.15) is 0 Å². The molecule has 5 heterocycles. The van der Waals surface area contributed by atoms with Gasteiger partial charge < -0.3 is 4.90 Å². The number of hydrogen-bond acceptors (Lipinski definition) is 5. The lowest BCUT2D eigenvalue weighted by molar-refractivity contribution is 0.937. The van der Waals surface area contributed by atoms with Crippen LogP contribution in [0.1, 0.15) is 18.5 Å². The van der Waals surface area contributed by atoms with Gasteiger partial charge in [0.2, 0.25) is 0 Å². The molecule has 27 heavy (non-hydrogen) atoms. The third-order valence-electron chi connectivity index (χ3n) is 5.05. The van der Waals surface area contributed by atoms with Gasteiger partial charge in [0.25, 0.3) is 0 Å². The van der Waals surface area contributed by atoms with Gasteiger partial charge in [0.05, 0.1) is 29.1 Å². The average Bonchev–Trinajstić information content (AvgIpc) is 3.37. The monoisotopic (exact) mass is 356 g/mol. The summed E-state index contributed by atoms with van der Waals surface area (Å²) in [6.45, 7) is 4.16. The van der Waals surface area contributed by atoms with Crippen molar-refractivity contribution in [1.82, 2.24) is 24.5 Å². The van der Waals surface area contributed by atoms with Crippen molar-refractivity contribution >= 4 is 16.9 Å². The molecule has 1 fully saturated rings. The Morgan fingerprint density at radius 2 is 1.78 bits per heavy atom. The third kappa shape index (κ3) is 2.83. The first-order valence-electron chi connectivity index (χ1n) is 9.26. The van der Waals surface area contributed by atoms with Crippen molar-refractivity contribution < 1.29 is 0 Å². The van der Waals surface area contributed by atoms with Crippen molar-refractivity contribution in [2.45, 2.75) is 19.8 Å². The number of rotatable bonds is 3. The molecule has 6 heteroatoms. The summed E-state index contributed by atoms with van der Waals surface area (Å²) >= 11 is 0. The molecule has 4 aromatic heterocycles. The fraction of sp³-hybridized carbons (Fsp3) is 0.238. The molecule has 5 rings (SSSR count). The van der Waals surface area contributed by atoms with Crippen molar-refractivity contribution in [2.24, 2.45) is 0 Å². The van der Waals surface area contributed by atoms with Crippen LogP contribution in [0.3, 0.4) is 0 Å². The van der Waals surface area contributed by atoms with E-state index < -0.39 is 0 Å². The van der Waals surface area contributed by atoms with E-state index in [0.29, 0.717) is 0 Å². The van der Waals surface area contributed by atoms with Crippen molar-refractivity contribution in [1.29, 1.82) is 0 Å². The second-order valence-electron chi connectivity index (χ2n) is 6.89. The van der Waals surface area contributed by atoms with Crippen LogP contribution in [0.25, 0.3) is 28.1 Å². The molecule has 1 aliphatic heterocycles. The minimum absolute atomic E-state index is 0.851. The van der Waals surface area contributed by atoms with Crippen LogP contribution in [0.5, 0.6) is 0 Å². The molecule has 0 atom stereocenters. The number of anilines is 1. The zero-order chi connectivity index (χ0) is 18.2. The van der Waals surface area contributed by atoms with Gasteiger partial charge in [-0.05, 0) is 50.1 Å². The van der Waals surface area contributed by atoms with Crippen molar-refractivity contribution in [3.05, 3.63) is 60.8 Å². The van der Waals surface area contributed by atoms with E-state index in [1.54, 1.807) is 6.20 Å². The van der Waals surface area contributed by atoms with Crippen LogP contribution in [-0.2, 0) is 0 Å². The van der Waals surface area contributed by atoms with Crippen LogP contribution in [0.2, 0.25) is 0 Å². The summed E-state index contributed by atoms with van der Waals surface area (Å²) in [4.78, 5) is 20.6. The van der Waals surface area contributed by atoms with Crippen LogP contribution in [0.4, 0.5) is 5.82 Å². The summed E-state index contributed by atoms with van der Waals surface area (Å²) in [6, 6.07) is 10.2. The summed E-state index contributed by atoms with van der Waals surface area (Å²) in [5.41, 5.74) is 4.80. The van der Waals surface area contributed by atoms with E-state index in [-0.39, 0.29) is 0 Å². The molecule has 0 N–H and O–H groups in total. The van der Waals surface area contributed by atoms with Gasteiger partial charge in [-0.15, -0.1) is 0 Å². The lowest BCUT2D eigenvalue weighted by Crippen LogP contribution is -2.18. The third-order valence-corrected chi connectivity index (χ3v) is 5.05. The van der Waals surface area contributed by atoms with Crippen LogP contribution in [-0.4, -0.2) is 37.6 Å². The SMILES string of the molecule is Cc1ccc(-n2c(-c3ccc(N4CCCC4)nc3)nc3ccncc32)cn1. The zero-order valence-corrected chi connectivity index (χ0v) is 15.2. The maximum Gasteiger partial charge on any atom is 0.147 e. The van der Waals surface area contributed by atoms with Crippen LogP contribution in [0.15, 0.2) is 55.1 Å². The van der Waals surface area contributed by atoms with Gasteiger partial charge in [0.15, 0.2) is 0 Å². The van der Waals surface area contributed by atoms with E-state index in [1.165, 1.54) is 12.8 Å². The van der Waals surface area contributed by atoms with E-state index in [9.17, 15) is 0 Å². The molecule has 1 saturated heterocycles. The predicted octanol–water partition coefficient (Wildman–Crippen LogP) is 3.79. The first-order valence-corrected chi connectivity index (χ1v) is 9.26. The molecular formula is C21H20N6. The molecule has 0 unspecified atom stereocenters. The molecule has 0 spiro atoms. The highest BCUT2D eigenvalue weighted by Gasteiger charge is 2.17. The van der Waals surface area contributed by atoms with E-state index in [4.69, 9.17) is 9.97 Å². The molecule has 0 amide bonds. The van der Waals surface area contributed by atoms with E-state index >= 15 is 0 Å². The van der Waals surface area contributed by atoms with E-state index in [0.717, 1.165) is 52.7 Å². The normalized spacial score (nSPS) is 14.2. The van der Waals surface area contributed by atoms with Gasteiger partial charge >= 0.3 is 0 Å². The quantitative estimate of drug-likeness (QED) is 0.559. The Balaban J connectivity index is 1.64. The Morgan fingerprint density at radius 3 is 2.52 bits per heavy atom. The topological polar surface area (TPSA) is 59.7 Å². The smallest absolute Gasteiger partial charge is 0.147 e. The fourth-order valence-corrected chi connectivity index (χ4v) is 3.62. The summed E-state index contributed by atoms with van der Waals surface area (Å²) in [5, 5.41) is 0. The van der Waals surface area contributed by atoms with Crippen LogP contribution < -0.4 is 4.90 Å². The molecule has 0 saturated carbocycles. The Bertz CT molecular complexity index is 1080. The molecule has 1 aliphatic rings. The highest BCUT2D eigenvalue weighted by atomic mass is 15.2. The first-order chi connectivity index (χ1) is 13.3. The molecule has 0 aromatic carbocycles. The Kier molecular flexibility index (Phi) is 3.81. The fourth-order valence-electron chi connectivity index (χ4n) is 3.62. The number of hydrogen-bond donors (Lipinski definition) is 0. The van der Waals surface area contributed by atoms with Gasteiger partial charge in [0.1, 0.15) is 11.6 Å². The second kappa shape index (κ2) is 6.46. The van der Waals surface area contributed by atoms with Gasteiger partial charge in [-0.3, -0.25) is 14.5 Å². The number of aryl methyl sites for hydroxylation is 1. The lowest BCUT2D eigenvalue weighted by atomic mass is 10.2. The summed E-state index contributed by atoms with van der Waals surface area (Å²) in [6.07, 6.45) is 9.89. The first kappa shape index (κ1) is 15.9. The molecule has 0 aliphatic carbocycles. The van der Waals surface area contributed by atoms with Gasteiger partial charge in [-0.25, -0.2) is 9.97 Å². The minimum atomic E-state index is 0.851. The molecule has 0 radical (unpaired) electrons. The molecule has 134 valence electrons. The van der Waals surface area contributed by atoms with E-state index in [2.05, 4.69) is 37.6 Å². The van der Waals surface area contributed by atoms with Gasteiger partial charge in [-0.1, -0.05) is 0 Å². The summed E-state index contributed by atoms with van der Waals surface area (Å²) < 4.78 is 2.10. The van der Waals surface area contributed by atoms with Crippen molar-refractivity contribution in [3.63, 3.8) is 0 Å². The highest BCUT2D eigenvalue weighted by Crippen LogP contribution is 2.29. The van der Waals surface area contributed by atoms with E-state index in [1.807, 2.05) is 37.6 Å². The van der Waals surface area contributed by atoms with Crippen LogP contribution in [0, 0.1) is 6.92 Å². The van der Waals surface area contributed by atoms with Crippen LogP contribution >= 0.6 is 0 Å². The van der Waals surface area contributed by atoms with Gasteiger partial charge in [0, 0.05) is 36.7 Å². The predicted molar refractivity (Wildman–Crippen MR) is 106 cm³/mol. The number of imidazole rings is 1. The second-order valence-corrected chi connectivity index (χ2v) is 6.89. The van der Waals surface area contributed by atoms with Crippen molar-refractivity contribution in [2.75, 3.05) is 18.0 Å². The number of aromatic nitrogens is 5. The summed E-state index contributed by atoms with van der Waals surface area (Å²) in [7, 11) is 0. The molecular weight excluding hydrogens is 336 g/mol. The molecule has 0 bridgehead atoms. The summed E-state index contributed by atoms with van der Waals surface area (Å²) in [5.74, 6) is 1.89.